The van der Waals surface area contributed by atoms with Gasteiger partial charge in [-0.1, -0.05) is 5.92 Å². The maximum absolute atomic E-state index is 12.6. The Balaban J connectivity index is 0.000000569. The van der Waals surface area contributed by atoms with E-state index in [0.717, 1.165) is 22.2 Å². The molecule has 3 fully saturated rings. The molecule has 1 amide bonds. The van der Waals surface area contributed by atoms with Gasteiger partial charge >= 0.3 is 0 Å². The average molecular weight is 357 g/mol. The molecule has 1 atom stereocenters. The SMILES string of the molecule is C#Cc1ccc2c(C(=O)N[C@H]3CN4CCC3CC4)nsc2c1.O=CO. The minimum absolute atomic E-state index is 0.0570. The highest BCUT2D eigenvalue weighted by molar-refractivity contribution is 7.13. The molecule has 0 spiro atoms. The van der Waals surface area contributed by atoms with Gasteiger partial charge in [-0.05, 0) is 61.6 Å². The summed E-state index contributed by atoms with van der Waals surface area (Å²) >= 11 is 1.33. The van der Waals surface area contributed by atoms with Gasteiger partial charge in [0, 0.05) is 23.5 Å². The minimum atomic E-state index is -0.250. The van der Waals surface area contributed by atoms with E-state index >= 15 is 0 Å². The van der Waals surface area contributed by atoms with Crippen molar-refractivity contribution >= 4 is 34.0 Å². The Bertz CT molecular complexity index is 819. The van der Waals surface area contributed by atoms with Gasteiger partial charge in [-0.3, -0.25) is 9.59 Å². The summed E-state index contributed by atoms with van der Waals surface area (Å²) in [4.78, 5) is 23.4. The van der Waals surface area contributed by atoms with Gasteiger partial charge < -0.3 is 15.3 Å². The monoisotopic (exact) mass is 357 g/mol. The van der Waals surface area contributed by atoms with Crippen LogP contribution in [-0.2, 0) is 4.79 Å². The Kier molecular flexibility index (Phi) is 5.31. The summed E-state index contributed by atoms with van der Waals surface area (Å²) in [6.07, 6.45) is 7.79. The van der Waals surface area contributed by atoms with Crippen LogP contribution < -0.4 is 5.32 Å². The van der Waals surface area contributed by atoms with Gasteiger partial charge in [-0.2, -0.15) is 4.37 Å². The van der Waals surface area contributed by atoms with E-state index in [0.29, 0.717) is 11.6 Å². The van der Waals surface area contributed by atoms with Gasteiger partial charge in [-0.25, -0.2) is 0 Å². The van der Waals surface area contributed by atoms with Gasteiger partial charge in [0.05, 0.1) is 4.70 Å². The molecule has 4 heterocycles. The zero-order valence-electron chi connectivity index (χ0n) is 13.6. The lowest BCUT2D eigenvalue weighted by Crippen LogP contribution is -2.57. The zero-order chi connectivity index (χ0) is 17.8. The number of rotatable bonds is 2. The summed E-state index contributed by atoms with van der Waals surface area (Å²) in [5.41, 5.74) is 1.35. The molecule has 0 radical (unpaired) electrons. The second-order valence-electron chi connectivity index (χ2n) is 6.21. The molecule has 25 heavy (non-hydrogen) atoms. The Hall–Kier alpha value is -2.43. The first-order chi connectivity index (χ1) is 12.2. The number of carboxylic acid groups (broad SMARTS) is 1. The summed E-state index contributed by atoms with van der Waals surface area (Å²) in [6, 6.07) is 5.94. The van der Waals surface area contributed by atoms with Crippen LogP contribution in [0.15, 0.2) is 18.2 Å². The van der Waals surface area contributed by atoms with E-state index < -0.39 is 0 Å². The van der Waals surface area contributed by atoms with Gasteiger partial charge in [0.2, 0.25) is 0 Å². The molecule has 2 aromatic rings. The van der Waals surface area contributed by atoms with Gasteiger partial charge in [0.15, 0.2) is 0 Å². The van der Waals surface area contributed by atoms with Crippen LogP contribution >= 0.6 is 11.5 Å². The summed E-state index contributed by atoms with van der Waals surface area (Å²) < 4.78 is 5.31. The predicted octanol–water partition coefficient (Wildman–Crippen LogP) is 1.80. The van der Waals surface area contributed by atoms with Crippen molar-refractivity contribution in [1.29, 1.82) is 0 Å². The van der Waals surface area contributed by atoms with E-state index in [1.807, 2.05) is 18.2 Å². The first kappa shape index (κ1) is 17.4. The molecule has 3 aliphatic rings. The first-order valence-electron chi connectivity index (χ1n) is 8.13. The van der Waals surface area contributed by atoms with E-state index in [1.54, 1.807) is 0 Å². The van der Waals surface area contributed by atoms with Gasteiger partial charge in [0.1, 0.15) is 5.69 Å². The minimum Gasteiger partial charge on any atom is -0.483 e. The number of terminal acetylenes is 1. The topological polar surface area (TPSA) is 82.5 Å². The highest BCUT2D eigenvalue weighted by Crippen LogP contribution is 2.28. The summed E-state index contributed by atoms with van der Waals surface area (Å²) in [5.74, 6) is 3.17. The predicted molar refractivity (Wildman–Crippen MR) is 96.7 cm³/mol. The Morgan fingerprint density at radius 3 is 2.76 bits per heavy atom. The third-order valence-corrected chi connectivity index (χ3v) is 5.63. The third kappa shape index (κ3) is 3.65. The van der Waals surface area contributed by atoms with Crippen LogP contribution in [0.1, 0.15) is 28.9 Å². The lowest BCUT2D eigenvalue weighted by atomic mass is 9.84. The van der Waals surface area contributed by atoms with E-state index in [4.69, 9.17) is 16.3 Å². The van der Waals surface area contributed by atoms with Crippen LogP contribution in [0.4, 0.5) is 0 Å². The normalized spacial score (nSPS) is 24.0. The molecule has 0 unspecified atom stereocenters. The molecule has 2 N–H and O–H groups in total. The number of nitrogens with one attached hydrogen (secondary N) is 1. The van der Waals surface area contributed by atoms with Crippen LogP contribution in [0.2, 0.25) is 0 Å². The van der Waals surface area contributed by atoms with Crippen LogP contribution in [0, 0.1) is 18.3 Å². The smallest absolute Gasteiger partial charge is 0.290 e. The van der Waals surface area contributed by atoms with Crippen molar-refractivity contribution in [2.45, 2.75) is 18.9 Å². The van der Waals surface area contributed by atoms with Crippen molar-refractivity contribution in [3.8, 4) is 12.3 Å². The average Bonchev–Trinajstić information content (AvgIpc) is 3.06. The number of fused-ring (bicyclic) bond motifs is 4. The Morgan fingerprint density at radius 2 is 2.16 bits per heavy atom. The van der Waals surface area contributed by atoms with Crippen molar-refractivity contribution in [3.63, 3.8) is 0 Å². The summed E-state index contributed by atoms with van der Waals surface area (Å²) in [7, 11) is 0. The Morgan fingerprint density at radius 1 is 1.44 bits per heavy atom. The molecule has 130 valence electrons. The van der Waals surface area contributed by atoms with Crippen LogP contribution in [0.3, 0.4) is 0 Å². The maximum Gasteiger partial charge on any atom is 0.290 e. The van der Waals surface area contributed by atoms with Crippen molar-refractivity contribution in [3.05, 3.63) is 29.5 Å². The molecular weight excluding hydrogens is 338 g/mol. The lowest BCUT2D eigenvalue weighted by molar-refractivity contribution is -0.122. The molecule has 1 aromatic carbocycles. The van der Waals surface area contributed by atoms with Crippen LogP contribution in [0.5, 0.6) is 0 Å². The molecule has 2 bridgehead atoms. The van der Waals surface area contributed by atoms with E-state index in [9.17, 15) is 4.79 Å². The van der Waals surface area contributed by atoms with E-state index in [-0.39, 0.29) is 18.4 Å². The molecule has 6 nitrogen and oxygen atoms in total. The third-order valence-electron chi connectivity index (χ3n) is 4.83. The highest BCUT2D eigenvalue weighted by atomic mass is 32.1. The summed E-state index contributed by atoms with van der Waals surface area (Å²) in [5, 5.41) is 11.0. The fraction of sp³-hybridized carbons (Fsp3) is 0.389. The van der Waals surface area contributed by atoms with Crippen LogP contribution in [-0.4, -0.2) is 52.4 Å². The van der Waals surface area contributed by atoms with E-state index in [1.165, 1.54) is 37.5 Å². The molecule has 0 saturated carbocycles. The largest absolute Gasteiger partial charge is 0.483 e. The number of carbonyl (C=O) groups is 2. The number of carbonyl (C=O) groups excluding carboxylic acids is 1. The van der Waals surface area contributed by atoms with Crippen molar-refractivity contribution in [2.75, 3.05) is 19.6 Å². The summed E-state index contributed by atoms with van der Waals surface area (Å²) in [6.45, 7) is 3.07. The molecular formula is C18H19N3O3S. The zero-order valence-corrected chi connectivity index (χ0v) is 14.5. The van der Waals surface area contributed by atoms with Crippen molar-refractivity contribution < 1.29 is 14.7 Å². The van der Waals surface area contributed by atoms with Gasteiger partial charge in [0.25, 0.3) is 12.4 Å². The van der Waals surface area contributed by atoms with Crippen molar-refractivity contribution in [1.82, 2.24) is 14.6 Å². The second kappa shape index (κ2) is 7.64. The first-order valence-corrected chi connectivity index (χ1v) is 8.90. The number of piperidine rings is 3. The lowest BCUT2D eigenvalue weighted by Gasteiger charge is -2.44. The molecule has 5 rings (SSSR count). The molecule has 1 aromatic heterocycles. The number of nitrogens with zero attached hydrogens (tertiary/aromatic N) is 2. The van der Waals surface area contributed by atoms with Crippen molar-refractivity contribution in [2.24, 2.45) is 5.92 Å². The highest BCUT2D eigenvalue weighted by Gasteiger charge is 2.35. The van der Waals surface area contributed by atoms with Crippen LogP contribution in [0.25, 0.3) is 10.1 Å². The second-order valence-corrected chi connectivity index (χ2v) is 7.01. The molecule has 0 aliphatic carbocycles. The number of aromatic nitrogens is 1. The molecule has 3 aliphatic heterocycles. The number of hydrogen-bond donors (Lipinski definition) is 2. The fourth-order valence-electron chi connectivity index (χ4n) is 3.56. The molecule has 7 heteroatoms. The quantitative estimate of drug-likeness (QED) is 0.633. The fourth-order valence-corrected chi connectivity index (χ4v) is 4.37. The van der Waals surface area contributed by atoms with E-state index in [2.05, 4.69) is 20.5 Å². The number of amides is 1. The standard InChI is InChI=1S/C17H17N3OS.CH2O2/c1-2-11-3-4-13-15(9-11)22-19-16(13)17(21)18-14-10-20-7-5-12(14)6-8-20;2-1-3/h1,3-4,9,12,14H,5-8,10H2,(H,18,21);1H,(H,2,3)/t14-;/m0./s1. The number of benzene rings is 1. The Labute approximate surface area is 150 Å². The molecule has 3 saturated heterocycles. The van der Waals surface area contributed by atoms with Gasteiger partial charge in [-0.15, -0.1) is 6.42 Å². The maximum atomic E-state index is 12.6. The number of hydrogen-bond acceptors (Lipinski definition) is 5.